The minimum atomic E-state index is -0.859. The van der Waals surface area contributed by atoms with Gasteiger partial charge in [-0.1, -0.05) is 0 Å². The number of nitriles is 1. The molecule has 6 nitrogen and oxygen atoms in total. The molecule has 0 radical (unpaired) electrons. The molecule has 0 bridgehead atoms. The summed E-state index contributed by atoms with van der Waals surface area (Å²) >= 11 is 0. The summed E-state index contributed by atoms with van der Waals surface area (Å²) in [6.07, 6.45) is 0.0403. The van der Waals surface area contributed by atoms with E-state index in [2.05, 4.69) is 0 Å². The minimum absolute atomic E-state index is 0.0236. The van der Waals surface area contributed by atoms with Crippen LogP contribution in [0.15, 0.2) is 0 Å². The van der Waals surface area contributed by atoms with Gasteiger partial charge in [-0.3, -0.25) is 19.4 Å². The van der Waals surface area contributed by atoms with E-state index in [1.807, 2.05) is 0 Å². The second kappa shape index (κ2) is 3.23. The van der Waals surface area contributed by atoms with Gasteiger partial charge in [0.05, 0.1) is 12.5 Å². The lowest BCUT2D eigenvalue weighted by molar-refractivity contribution is -0.142. The molecule has 68 valence electrons. The summed E-state index contributed by atoms with van der Waals surface area (Å²) in [6.45, 7) is -0.0236. The van der Waals surface area contributed by atoms with E-state index in [1.54, 1.807) is 6.07 Å². The monoisotopic (exact) mass is 181 g/mol. The molecule has 0 atom stereocenters. The van der Waals surface area contributed by atoms with E-state index in [1.165, 1.54) is 7.05 Å². The summed E-state index contributed by atoms with van der Waals surface area (Å²) in [5, 5.41) is 8.23. The lowest BCUT2D eigenvalue weighted by Gasteiger charge is -2.09. The van der Waals surface area contributed by atoms with Gasteiger partial charge in [0.15, 0.2) is 0 Å². The van der Waals surface area contributed by atoms with E-state index in [4.69, 9.17) is 5.26 Å². The Morgan fingerprint density at radius 2 is 1.92 bits per heavy atom. The van der Waals surface area contributed by atoms with Gasteiger partial charge in [-0.2, -0.15) is 5.26 Å². The number of carbonyl (C=O) groups is 3. The highest BCUT2D eigenvalue weighted by Crippen LogP contribution is 2.09. The van der Waals surface area contributed by atoms with Gasteiger partial charge < -0.3 is 0 Å². The SMILES string of the molecule is CN1C(=O)C(=O)N(CCC#N)C1=O. The fraction of sp³-hybridized carbons (Fsp3) is 0.429. The van der Waals surface area contributed by atoms with Crippen molar-refractivity contribution in [3.8, 4) is 6.07 Å². The van der Waals surface area contributed by atoms with E-state index in [0.29, 0.717) is 0 Å². The van der Waals surface area contributed by atoms with E-state index in [0.717, 1.165) is 9.80 Å². The molecule has 0 N–H and O–H groups in total. The summed E-state index contributed by atoms with van der Waals surface area (Å²) in [5.41, 5.74) is 0. The molecule has 0 aromatic heterocycles. The van der Waals surface area contributed by atoms with Crippen LogP contribution in [0.2, 0.25) is 0 Å². The normalized spacial score (nSPS) is 16.8. The van der Waals surface area contributed by atoms with Crippen LogP contribution in [-0.4, -0.2) is 41.2 Å². The smallest absolute Gasteiger partial charge is 0.263 e. The zero-order valence-corrected chi connectivity index (χ0v) is 6.98. The van der Waals surface area contributed by atoms with E-state index in [-0.39, 0.29) is 13.0 Å². The number of rotatable bonds is 2. The van der Waals surface area contributed by atoms with E-state index in [9.17, 15) is 14.4 Å². The number of urea groups is 1. The molecule has 0 unspecified atom stereocenters. The third kappa shape index (κ3) is 1.36. The van der Waals surface area contributed by atoms with E-state index < -0.39 is 17.8 Å². The highest BCUT2D eigenvalue weighted by atomic mass is 16.2. The fourth-order valence-corrected chi connectivity index (χ4v) is 0.973. The van der Waals surface area contributed by atoms with Gasteiger partial charge in [0.25, 0.3) is 0 Å². The second-order valence-corrected chi connectivity index (χ2v) is 2.51. The summed E-state index contributed by atoms with van der Waals surface area (Å²) < 4.78 is 0. The quantitative estimate of drug-likeness (QED) is 0.417. The van der Waals surface area contributed by atoms with Crippen molar-refractivity contribution in [2.45, 2.75) is 6.42 Å². The Bertz CT molecular complexity index is 317. The molecule has 0 saturated carbocycles. The predicted octanol–water partition coefficient (Wildman–Crippen LogP) is -0.679. The number of carbonyl (C=O) groups excluding carboxylic acids is 3. The molecule has 0 aliphatic carbocycles. The lowest BCUT2D eigenvalue weighted by atomic mass is 10.4. The number of likely N-dealkylation sites (N-methyl/N-ethyl adjacent to an activating group) is 1. The Kier molecular flexibility index (Phi) is 2.28. The van der Waals surface area contributed by atoms with Crippen molar-refractivity contribution in [3.63, 3.8) is 0 Å². The maximum absolute atomic E-state index is 11.1. The summed E-state index contributed by atoms with van der Waals surface area (Å²) in [4.78, 5) is 34.6. The zero-order valence-electron chi connectivity index (χ0n) is 6.98. The first-order valence-electron chi connectivity index (χ1n) is 3.60. The average Bonchev–Trinajstić information content (AvgIpc) is 2.30. The van der Waals surface area contributed by atoms with Crippen molar-refractivity contribution in [3.05, 3.63) is 0 Å². The van der Waals surface area contributed by atoms with Gasteiger partial charge in [0.2, 0.25) is 0 Å². The second-order valence-electron chi connectivity index (χ2n) is 2.51. The lowest BCUT2D eigenvalue weighted by Crippen LogP contribution is -2.32. The van der Waals surface area contributed by atoms with Crippen LogP contribution in [0.4, 0.5) is 4.79 Å². The first-order valence-corrected chi connectivity index (χ1v) is 3.60. The van der Waals surface area contributed by atoms with E-state index >= 15 is 0 Å². The molecule has 1 aliphatic heterocycles. The number of amides is 4. The van der Waals surface area contributed by atoms with Crippen LogP contribution >= 0.6 is 0 Å². The predicted molar refractivity (Wildman–Crippen MR) is 40.1 cm³/mol. The van der Waals surface area contributed by atoms with Gasteiger partial charge in [-0.25, -0.2) is 4.79 Å². The largest absolute Gasteiger partial charge is 0.333 e. The Morgan fingerprint density at radius 3 is 2.31 bits per heavy atom. The molecule has 6 heteroatoms. The summed E-state index contributed by atoms with van der Waals surface area (Å²) in [6, 6.07) is 1.13. The summed E-state index contributed by atoms with van der Waals surface area (Å²) in [5.74, 6) is -1.70. The van der Waals surface area contributed by atoms with Gasteiger partial charge >= 0.3 is 17.8 Å². The number of hydrogen-bond acceptors (Lipinski definition) is 4. The van der Waals surface area contributed by atoms with Gasteiger partial charge in [0, 0.05) is 13.6 Å². The molecule has 1 heterocycles. The Morgan fingerprint density at radius 1 is 1.31 bits per heavy atom. The van der Waals surface area contributed by atoms with Crippen molar-refractivity contribution in [2.75, 3.05) is 13.6 Å². The molecule has 1 fully saturated rings. The minimum Gasteiger partial charge on any atom is -0.263 e. The maximum Gasteiger partial charge on any atom is 0.333 e. The molecule has 1 saturated heterocycles. The van der Waals surface area contributed by atoms with Crippen LogP contribution in [0.3, 0.4) is 0 Å². The highest BCUT2D eigenvalue weighted by molar-refractivity contribution is 6.44. The topological polar surface area (TPSA) is 81.5 Å². The van der Waals surface area contributed by atoms with Gasteiger partial charge in [-0.05, 0) is 0 Å². The first-order chi connectivity index (χ1) is 6.09. The zero-order chi connectivity index (χ0) is 10.0. The van der Waals surface area contributed by atoms with Crippen LogP contribution in [-0.2, 0) is 9.59 Å². The van der Waals surface area contributed by atoms with Crippen LogP contribution in [0.1, 0.15) is 6.42 Å². The van der Waals surface area contributed by atoms with Crippen LogP contribution in [0, 0.1) is 11.3 Å². The molecule has 0 aromatic rings. The molecule has 0 aromatic carbocycles. The van der Waals surface area contributed by atoms with Crippen molar-refractivity contribution in [1.82, 2.24) is 9.80 Å². The van der Waals surface area contributed by atoms with Crippen molar-refractivity contribution >= 4 is 17.8 Å². The Hall–Kier alpha value is -1.90. The third-order valence-corrected chi connectivity index (χ3v) is 1.70. The molecule has 1 rings (SSSR count). The van der Waals surface area contributed by atoms with Crippen molar-refractivity contribution in [1.29, 1.82) is 5.26 Å². The van der Waals surface area contributed by atoms with Crippen LogP contribution in [0.5, 0.6) is 0 Å². The molecule has 13 heavy (non-hydrogen) atoms. The van der Waals surface area contributed by atoms with Gasteiger partial charge in [-0.15, -0.1) is 0 Å². The van der Waals surface area contributed by atoms with Crippen molar-refractivity contribution in [2.24, 2.45) is 0 Å². The highest BCUT2D eigenvalue weighted by Gasteiger charge is 2.41. The third-order valence-electron chi connectivity index (χ3n) is 1.70. The van der Waals surface area contributed by atoms with Crippen LogP contribution < -0.4 is 0 Å². The Balaban J connectivity index is 2.77. The standard InChI is InChI=1S/C7H7N3O3/c1-9-5(11)6(12)10(7(9)13)4-2-3-8/h2,4H2,1H3. The number of imide groups is 2. The Labute approximate surface area is 74.3 Å². The molecular formula is C7H7N3O3. The molecule has 4 amide bonds. The number of nitrogens with zero attached hydrogens (tertiary/aromatic N) is 3. The first kappa shape index (κ1) is 9.19. The number of hydrogen-bond donors (Lipinski definition) is 0. The summed E-state index contributed by atoms with van der Waals surface area (Å²) in [7, 11) is 1.23. The fourth-order valence-electron chi connectivity index (χ4n) is 0.973. The molecule has 1 aliphatic rings. The average molecular weight is 181 g/mol. The van der Waals surface area contributed by atoms with Crippen LogP contribution in [0.25, 0.3) is 0 Å². The van der Waals surface area contributed by atoms with Gasteiger partial charge in [0.1, 0.15) is 0 Å². The van der Waals surface area contributed by atoms with Crippen molar-refractivity contribution < 1.29 is 14.4 Å². The molecule has 0 spiro atoms. The molecular weight excluding hydrogens is 174 g/mol. The maximum atomic E-state index is 11.1.